The third kappa shape index (κ3) is 3.34. The van der Waals surface area contributed by atoms with Gasteiger partial charge in [0.2, 0.25) is 0 Å². The van der Waals surface area contributed by atoms with Crippen molar-refractivity contribution in [3.8, 4) is 0 Å². The molecule has 2 saturated heterocycles. The van der Waals surface area contributed by atoms with Crippen LogP contribution in [-0.2, 0) is 11.3 Å². The van der Waals surface area contributed by atoms with Gasteiger partial charge in [-0.05, 0) is 30.5 Å². The zero-order valence-electron chi connectivity index (χ0n) is 12.7. The Hall–Kier alpha value is -0.970. The van der Waals surface area contributed by atoms with Crippen molar-refractivity contribution in [2.24, 2.45) is 10.4 Å². The van der Waals surface area contributed by atoms with Gasteiger partial charge >= 0.3 is 0 Å². The van der Waals surface area contributed by atoms with Gasteiger partial charge in [0.25, 0.3) is 0 Å². The number of hydrogen-bond acceptors (Lipinski definition) is 2. The maximum absolute atomic E-state index is 6.22. The van der Waals surface area contributed by atoms with Crippen LogP contribution in [0, 0.1) is 5.41 Å². The third-order valence-corrected chi connectivity index (χ3v) is 5.17. The summed E-state index contributed by atoms with van der Waals surface area (Å²) in [6.45, 7) is 4.45. The van der Waals surface area contributed by atoms with Gasteiger partial charge in [-0.1, -0.05) is 29.3 Å². The second-order valence-corrected chi connectivity index (χ2v) is 6.95. The lowest BCUT2D eigenvalue weighted by atomic mass is 9.87. The number of likely N-dealkylation sites (tertiary alicyclic amines) is 1. The number of halogens is 2. The summed E-state index contributed by atoms with van der Waals surface area (Å²) in [5.74, 6) is 0.926. The Labute approximate surface area is 141 Å². The summed E-state index contributed by atoms with van der Waals surface area (Å²) in [4.78, 5) is 6.73. The molecule has 1 aromatic carbocycles. The van der Waals surface area contributed by atoms with Gasteiger partial charge in [-0.3, -0.25) is 4.99 Å². The van der Waals surface area contributed by atoms with E-state index in [2.05, 4.69) is 15.2 Å². The smallest absolute Gasteiger partial charge is 0.193 e. The van der Waals surface area contributed by atoms with E-state index in [1.54, 1.807) is 6.07 Å². The van der Waals surface area contributed by atoms with Crippen molar-refractivity contribution in [2.75, 3.05) is 33.4 Å². The Morgan fingerprint density at radius 1 is 1.41 bits per heavy atom. The zero-order chi connectivity index (χ0) is 15.6. The fourth-order valence-corrected chi connectivity index (χ4v) is 3.73. The van der Waals surface area contributed by atoms with Crippen LogP contribution in [0.15, 0.2) is 23.2 Å². The van der Waals surface area contributed by atoms with E-state index in [1.807, 2.05) is 19.2 Å². The van der Waals surface area contributed by atoms with Gasteiger partial charge in [-0.25, -0.2) is 0 Å². The van der Waals surface area contributed by atoms with Crippen LogP contribution in [0.25, 0.3) is 0 Å². The lowest BCUT2D eigenvalue weighted by Crippen LogP contribution is -2.41. The number of rotatable bonds is 2. The third-order valence-electron chi connectivity index (χ3n) is 4.59. The molecule has 1 spiro atoms. The fraction of sp³-hybridized carbons (Fsp3) is 0.562. The summed E-state index contributed by atoms with van der Waals surface area (Å²) >= 11 is 12.2. The van der Waals surface area contributed by atoms with E-state index in [-0.39, 0.29) is 0 Å². The topological polar surface area (TPSA) is 36.9 Å². The summed E-state index contributed by atoms with van der Waals surface area (Å²) in [7, 11) is 1.82. The van der Waals surface area contributed by atoms with Crippen molar-refractivity contribution >= 4 is 29.2 Å². The molecule has 0 bridgehead atoms. The molecule has 2 aliphatic rings. The number of benzene rings is 1. The average Bonchev–Trinajstić information content (AvgIpc) is 3.13. The van der Waals surface area contributed by atoms with E-state index in [0.717, 1.165) is 44.2 Å². The highest BCUT2D eigenvalue weighted by Gasteiger charge is 2.42. The van der Waals surface area contributed by atoms with E-state index in [9.17, 15) is 0 Å². The van der Waals surface area contributed by atoms with Gasteiger partial charge in [0.1, 0.15) is 0 Å². The second-order valence-electron chi connectivity index (χ2n) is 6.11. The first-order valence-electron chi connectivity index (χ1n) is 7.59. The maximum Gasteiger partial charge on any atom is 0.193 e. The first kappa shape index (κ1) is 15.9. The molecule has 3 rings (SSSR count). The normalized spacial score (nSPS) is 25.2. The van der Waals surface area contributed by atoms with Gasteiger partial charge in [-0.15, -0.1) is 0 Å². The van der Waals surface area contributed by atoms with Crippen LogP contribution in [0.4, 0.5) is 0 Å². The number of nitrogens with one attached hydrogen (secondary N) is 1. The van der Waals surface area contributed by atoms with Crippen LogP contribution >= 0.6 is 23.2 Å². The minimum absolute atomic E-state index is 0.329. The fourth-order valence-electron chi connectivity index (χ4n) is 3.26. The van der Waals surface area contributed by atoms with Crippen molar-refractivity contribution in [1.82, 2.24) is 10.2 Å². The predicted molar refractivity (Wildman–Crippen MR) is 90.7 cm³/mol. The van der Waals surface area contributed by atoms with E-state index in [1.165, 1.54) is 6.42 Å². The van der Waals surface area contributed by atoms with Crippen LogP contribution < -0.4 is 5.32 Å². The highest BCUT2D eigenvalue weighted by atomic mass is 35.5. The number of nitrogens with zero attached hydrogens (tertiary/aromatic N) is 2. The van der Waals surface area contributed by atoms with Crippen LogP contribution in [0.5, 0.6) is 0 Å². The van der Waals surface area contributed by atoms with Crippen LogP contribution in [0.2, 0.25) is 10.0 Å². The largest absolute Gasteiger partial charge is 0.381 e. The Morgan fingerprint density at radius 2 is 2.27 bits per heavy atom. The van der Waals surface area contributed by atoms with Gasteiger partial charge in [0, 0.05) is 48.7 Å². The second kappa shape index (κ2) is 6.65. The molecule has 6 heteroatoms. The molecular formula is C16H21Cl2N3O. The summed E-state index contributed by atoms with van der Waals surface area (Å²) < 4.78 is 5.58. The molecule has 1 unspecified atom stereocenters. The molecule has 2 aliphatic heterocycles. The number of aliphatic imine (C=N–C) groups is 1. The molecule has 2 fully saturated rings. The first-order chi connectivity index (χ1) is 10.6. The molecule has 4 nitrogen and oxygen atoms in total. The maximum atomic E-state index is 6.22. The minimum atomic E-state index is 0.329. The average molecular weight is 342 g/mol. The monoisotopic (exact) mass is 341 g/mol. The molecule has 2 heterocycles. The minimum Gasteiger partial charge on any atom is -0.381 e. The van der Waals surface area contributed by atoms with E-state index < -0.39 is 0 Å². The molecule has 1 N–H and O–H groups in total. The summed E-state index contributed by atoms with van der Waals surface area (Å²) in [6, 6.07) is 5.57. The van der Waals surface area contributed by atoms with Gasteiger partial charge in [0.15, 0.2) is 5.96 Å². The lowest BCUT2D eigenvalue weighted by Gasteiger charge is -2.25. The molecule has 0 radical (unpaired) electrons. The highest BCUT2D eigenvalue weighted by molar-refractivity contribution is 6.35. The Balaban J connectivity index is 1.61. The number of hydrogen-bond donors (Lipinski definition) is 1. The van der Waals surface area contributed by atoms with Crippen molar-refractivity contribution in [2.45, 2.75) is 19.4 Å². The Bertz CT molecular complexity index is 571. The van der Waals surface area contributed by atoms with Crippen molar-refractivity contribution in [3.05, 3.63) is 33.8 Å². The predicted octanol–water partition coefficient (Wildman–Crippen LogP) is 3.18. The molecule has 0 saturated carbocycles. The van der Waals surface area contributed by atoms with Crippen LogP contribution in [-0.4, -0.2) is 44.2 Å². The van der Waals surface area contributed by atoms with Crippen molar-refractivity contribution < 1.29 is 4.74 Å². The SMILES string of the molecule is CN=C(NCc1ccc(Cl)cc1Cl)N1CCC2(CCOC2)C1. The van der Waals surface area contributed by atoms with Crippen molar-refractivity contribution in [1.29, 1.82) is 0 Å². The standard InChI is InChI=1S/C16H21Cl2N3O/c1-19-15(20-9-12-2-3-13(17)8-14(12)18)21-6-4-16(10-21)5-7-22-11-16/h2-3,8H,4-7,9-11H2,1H3,(H,19,20). The molecule has 0 aromatic heterocycles. The summed E-state index contributed by atoms with van der Waals surface area (Å²) in [5.41, 5.74) is 1.35. The van der Waals surface area contributed by atoms with E-state index >= 15 is 0 Å². The summed E-state index contributed by atoms with van der Waals surface area (Å²) in [6.07, 6.45) is 2.33. The van der Waals surface area contributed by atoms with Crippen molar-refractivity contribution in [3.63, 3.8) is 0 Å². The van der Waals surface area contributed by atoms with E-state index in [4.69, 9.17) is 27.9 Å². The Kier molecular flexibility index (Phi) is 4.81. The van der Waals surface area contributed by atoms with Crippen LogP contribution in [0.3, 0.4) is 0 Å². The molecule has 1 aromatic rings. The number of ether oxygens (including phenoxy) is 1. The molecular weight excluding hydrogens is 321 g/mol. The summed E-state index contributed by atoms with van der Waals surface area (Å²) in [5, 5.41) is 4.73. The Morgan fingerprint density at radius 3 is 2.95 bits per heavy atom. The quantitative estimate of drug-likeness (QED) is 0.663. The number of guanidine groups is 1. The van der Waals surface area contributed by atoms with E-state index in [0.29, 0.717) is 22.0 Å². The molecule has 22 heavy (non-hydrogen) atoms. The molecule has 0 aliphatic carbocycles. The molecule has 120 valence electrons. The van der Waals surface area contributed by atoms with Gasteiger partial charge < -0.3 is 15.0 Å². The molecule has 0 amide bonds. The zero-order valence-corrected chi connectivity index (χ0v) is 14.3. The lowest BCUT2D eigenvalue weighted by molar-refractivity contribution is 0.156. The van der Waals surface area contributed by atoms with Gasteiger partial charge in [0.05, 0.1) is 6.61 Å². The highest BCUT2D eigenvalue weighted by Crippen LogP contribution is 2.38. The van der Waals surface area contributed by atoms with Crippen LogP contribution in [0.1, 0.15) is 18.4 Å². The van der Waals surface area contributed by atoms with Gasteiger partial charge in [-0.2, -0.15) is 0 Å². The first-order valence-corrected chi connectivity index (χ1v) is 8.35. The molecule has 1 atom stereocenters.